The highest BCUT2D eigenvalue weighted by molar-refractivity contribution is 5.47. The normalized spacial score (nSPS) is 18.6. The second-order valence-electron chi connectivity index (χ2n) is 8.04. The predicted octanol–water partition coefficient (Wildman–Crippen LogP) is 6.41. The van der Waals surface area contributed by atoms with Crippen molar-refractivity contribution in [2.24, 2.45) is 5.41 Å². The van der Waals surface area contributed by atoms with Crippen LogP contribution in [0.15, 0.2) is 36.9 Å². The molecule has 0 atom stereocenters. The van der Waals surface area contributed by atoms with E-state index in [0.29, 0.717) is 6.42 Å². The molecule has 0 spiro atoms. The van der Waals surface area contributed by atoms with E-state index in [2.05, 4.69) is 53.6 Å². The summed E-state index contributed by atoms with van der Waals surface area (Å²) in [6, 6.07) is 11.5. The quantitative estimate of drug-likeness (QED) is 0.563. The first-order valence-electron chi connectivity index (χ1n) is 11.1. The summed E-state index contributed by atoms with van der Waals surface area (Å²) in [5, 5.41) is 8.95. The van der Waals surface area contributed by atoms with Crippen LogP contribution in [0.5, 0.6) is 0 Å². The van der Waals surface area contributed by atoms with E-state index in [9.17, 15) is 0 Å². The van der Waals surface area contributed by atoms with Gasteiger partial charge in [0, 0.05) is 31.7 Å². The molecule has 3 rings (SSSR count). The molecule has 0 aromatic heterocycles. The van der Waals surface area contributed by atoms with Gasteiger partial charge in [-0.1, -0.05) is 39.0 Å². The lowest BCUT2D eigenvalue weighted by molar-refractivity contribution is 0.116. The van der Waals surface area contributed by atoms with Gasteiger partial charge in [-0.15, -0.1) is 6.58 Å². The molecule has 28 heavy (non-hydrogen) atoms. The summed E-state index contributed by atoms with van der Waals surface area (Å²) in [6.07, 6.45) is 8.78. The minimum absolute atomic E-state index is 0.239. The van der Waals surface area contributed by atoms with Crippen LogP contribution in [0.1, 0.15) is 71.8 Å². The molecule has 1 aromatic carbocycles. The zero-order valence-electron chi connectivity index (χ0n) is 18.7. The van der Waals surface area contributed by atoms with Crippen molar-refractivity contribution < 1.29 is 0 Å². The zero-order chi connectivity index (χ0) is 20.8. The number of allylic oxidation sites excluding steroid dienone is 1. The molecule has 0 saturated carbocycles. The maximum absolute atomic E-state index is 8.95. The summed E-state index contributed by atoms with van der Waals surface area (Å²) in [6.45, 7) is 17.2. The van der Waals surface area contributed by atoms with E-state index in [-0.39, 0.29) is 5.41 Å². The summed E-state index contributed by atoms with van der Waals surface area (Å²) >= 11 is 0. The van der Waals surface area contributed by atoms with Crippen LogP contribution >= 0.6 is 0 Å². The fraction of sp³-hybridized carbons (Fsp3) is 0.640. The Labute approximate surface area is 174 Å². The molecule has 2 aliphatic rings. The minimum atomic E-state index is 0.239. The first kappa shape index (κ1) is 24.2. The van der Waals surface area contributed by atoms with Crippen molar-refractivity contribution in [2.45, 2.75) is 72.8 Å². The molecule has 0 bridgehead atoms. The highest BCUT2D eigenvalue weighted by Crippen LogP contribution is 2.34. The number of rotatable bonds is 4. The van der Waals surface area contributed by atoms with Gasteiger partial charge in [-0.3, -0.25) is 4.90 Å². The Kier molecular flexibility index (Phi) is 11.6. The van der Waals surface area contributed by atoms with Crippen LogP contribution < -0.4 is 4.90 Å². The lowest BCUT2D eigenvalue weighted by atomic mass is 9.78. The van der Waals surface area contributed by atoms with Crippen LogP contribution in [0.25, 0.3) is 0 Å². The molecule has 3 nitrogen and oxygen atoms in total. The Bertz CT molecular complexity index is 571. The van der Waals surface area contributed by atoms with Crippen LogP contribution in [0, 0.1) is 16.7 Å². The van der Waals surface area contributed by atoms with E-state index >= 15 is 0 Å². The van der Waals surface area contributed by atoms with E-state index in [4.69, 9.17) is 5.26 Å². The van der Waals surface area contributed by atoms with Crippen molar-refractivity contribution in [3.05, 3.63) is 42.5 Å². The summed E-state index contributed by atoms with van der Waals surface area (Å²) in [5.74, 6) is 0. The van der Waals surface area contributed by atoms with Crippen molar-refractivity contribution in [1.82, 2.24) is 4.90 Å². The number of hydrogen-bond acceptors (Lipinski definition) is 3. The highest BCUT2D eigenvalue weighted by Gasteiger charge is 2.29. The molecule has 156 valence electrons. The predicted molar refractivity (Wildman–Crippen MR) is 123 cm³/mol. The van der Waals surface area contributed by atoms with Crippen molar-refractivity contribution in [3.63, 3.8) is 0 Å². The zero-order valence-corrected chi connectivity index (χ0v) is 18.7. The average molecular weight is 384 g/mol. The average Bonchev–Trinajstić information content (AvgIpc) is 2.73. The van der Waals surface area contributed by atoms with E-state index in [0.717, 1.165) is 32.5 Å². The van der Waals surface area contributed by atoms with Gasteiger partial charge < -0.3 is 4.90 Å². The molecule has 1 aromatic rings. The van der Waals surface area contributed by atoms with Gasteiger partial charge in [0.2, 0.25) is 0 Å². The van der Waals surface area contributed by atoms with Crippen molar-refractivity contribution in [3.8, 4) is 6.07 Å². The van der Waals surface area contributed by atoms with Crippen LogP contribution in [0.4, 0.5) is 5.69 Å². The van der Waals surface area contributed by atoms with Gasteiger partial charge in [-0.25, -0.2) is 0 Å². The van der Waals surface area contributed by atoms with Crippen LogP contribution in [0.2, 0.25) is 0 Å². The summed E-state index contributed by atoms with van der Waals surface area (Å²) < 4.78 is 0. The molecule has 0 radical (unpaired) electrons. The van der Waals surface area contributed by atoms with Gasteiger partial charge in [0.15, 0.2) is 0 Å². The SMILES string of the molecule is C=CC.CC.CC1(CC#N)CCN(Cc2ccc(N3CCCCC3)cc2)CC1. The van der Waals surface area contributed by atoms with E-state index in [1.165, 1.54) is 43.6 Å². The van der Waals surface area contributed by atoms with Crippen molar-refractivity contribution in [1.29, 1.82) is 5.26 Å². The lowest BCUT2D eigenvalue weighted by Gasteiger charge is -2.38. The molecule has 2 saturated heterocycles. The van der Waals surface area contributed by atoms with Crippen LogP contribution in [-0.4, -0.2) is 31.1 Å². The van der Waals surface area contributed by atoms with Gasteiger partial charge in [0.1, 0.15) is 0 Å². The van der Waals surface area contributed by atoms with Crippen LogP contribution in [-0.2, 0) is 6.54 Å². The second kappa shape index (κ2) is 13.4. The monoisotopic (exact) mass is 383 g/mol. The maximum atomic E-state index is 8.95. The Morgan fingerprint density at radius 1 is 1.04 bits per heavy atom. The molecule has 2 aliphatic heterocycles. The number of anilines is 1. The third kappa shape index (κ3) is 8.07. The number of hydrogen-bond donors (Lipinski definition) is 0. The topological polar surface area (TPSA) is 30.3 Å². The van der Waals surface area contributed by atoms with Gasteiger partial charge in [0.05, 0.1) is 6.07 Å². The van der Waals surface area contributed by atoms with Crippen molar-refractivity contribution in [2.75, 3.05) is 31.1 Å². The molecular formula is C25H41N3. The number of likely N-dealkylation sites (tertiary alicyclic amines) is 1. The number of nitrogens with zero attached hydrogens (tertiary/aromatic N) is 3. The van der Waals surface area contributed by atoms with E-state index < -0.39 is 0 Å². The largest absolute Gasteiger partial charge is 0.372 e. The van der Waals surface area contributed by atoms with Crippen LogP contribution in [0.3, 0.4) is 0 Å². The first-order valence-corrected chi connectivity index (χ1v) is 11.1. The minimum Gasteiger partial charge on any atom is -0.372 e. The van der Waals surface area contributed by atoms with Gasteiger partial charge >= 0.3 is 0 Å². The summed E-state index contributed by atoms with van der Waals surface area (Å²) in [7, 11) is 0. The molecular weight excluding hydrogens is 342 g/mol. The van der Waals surface area contributed by atoms with Crippen molar-refractivity contribution >= 4 is 5.69 Å². The number of benzene rings is 1. The maximum Gasteiger partial charge on any atom is 0.0627 e. The molecule has 2 fully saturated rings. The number of nitriles is 1. The summed E-state index contributed by atoms with van der Waals surface area (Å²) in [4.78, 5) is 5.05. The van der Waals surface area contributed by atoms with Gasteiger partial charge in [-0.2, -0.15) is 5.26 Å². The molecule has 0 N–H and O–H groups in total. The molecule has 0 unspecified atom stereocenters. The second-order valence-corrected chi connectivity index (χ2v) is 8.04. The lowest BCUT2D eigenvalue weighted by Crippen LogP contribution is -2.38. The number of piperidine rings is 2. The van der Waals surface area contributed by atoms with E-state index in [1.807, 2.05) is 20.8 Å². The summed E-state index contributed by atoms with van der Waals surface area (Å²) in [5.41, 5.74) is 3.03. The molecule has 0 aliphatic carbocycles. The third-order valence-electron chi connectivity index (χ3n) is 5.63. The Hall–Kier alpha value is -1.79. The standard InChI is InChI=1S/C20H29N3.C3H6.C2H6/c1-20(9-12-21)10-15-22(16-11-20)17-18-5-7-19(8-6-18)23-13-3-2-4-14-23;1-3-2;1-2/h5-8H,2-4,9-11,13-17H2,1H3;3H,1H2,2H3;1-2H3. The molecule has 2 heterocycles. The Morgan fingerprint density at radius 3 is 2.07 bits per heavy atom. The smallest absolute Gasteiger partial charge is 0.0627 e. The van der Waals surface area contributed by atoms with E-state index in [1.54, 1.807) is 6.08 Å². The highest BCUT2D eigenvalue weighted by atomic mass is 15.1. The fourth-order valence-corrected chi connectivity index (χ4v) is 3.84. The Morgan fingerprint density at radius 2 is 1.57 bits per heavy atom. The van der Waals surface area contributed by atoms with Gasteiger partial charge in [-0.05, 0) is 75.2 Å². The molecule has 3 heteroatoms. The fourth-order valence-electron chi connectivity index (χ4n) is 3.84. The molecule has 0 amide bonds. The first-order chi connectivity index (χ1) is 13.6. The third-order valence-corrected chi connectivity index (χ3v) is 5.63. The van der Waals surface area contributed by atoms with Gasteiger partial charge in [0.25, 0.3) is 0 Å². The Balaban J connectivity index is 0.000000717.